The van der Waals surface area contributed by atoms with Crippen LogP contribution in [0.5, 0.6) is 0 Å². The molecule has 2 atom stereocenters. The van der Waals surface area contributed by atoms with E-state index in [1.165, 1.54) is 5.56 Å². The van der Waals surface area contributed by atoms with E-state index < -0.39 is 0 Å². The van der Waals surface area contributed by atoms with Gasteiger partial charge in [-0.3, -0.25) is 0 Å². The highest BCUT2D eigenvalue weighted by Crippen LogP contribution is 2.38. The minimum Gasteiger partial charge on any atom is -0.368 e. The normalized spacial score (nSPS) is 26.3. The minimum absolute atomic E-state index is 0.0547. The van der Waals surface area contributed by atoms with Crippen LogP contribution in [0.3, 0.4) is 0 Å². The summed E-state index contributed by atoms with van der Waals surface area (Å²) in [4.78, 5) is 0. The molecule has 1 aliphatic rings. The van der Waals surface area contributed by atoms with E-state index in [9.17, 15) is 0 Å². The number of halogens is 1. The van der Waals surface area contributed by atoms with Gasteiger partial charge in [-0.2, -0.15) is 0 Å². The minimum atomic E-state index is -0.135. The van der Waals surface area contributed by atoms with Crippen LogP contribution in [0.1, 0.15) is 52.6 Å². The highest BCUT2D eigenvalue weighted by molar-refractivity contribution is 6.30. The summed E-state index contributed by atoms with van der Waals surface area (Å²) in [6.45, 7) is 10.8. The average molecular weight is 282 g/mol. The van der Waals surface area contributed by atoms with Crippen LogP contribution in [0, 0.1) is 0 Å². The zero-order valence-electron chi connectivity index (χ0n) is 12.5. The number of nitrogens with one attached hydrogen (secondary N) is 1. The second-order valence-electron chi connectivity index (χ2n) is 6.66. The van der Waals surface area contributed by atoms with Crippen molar-refractivity contribution in [2.45, 2.75) is 64.3 Å². The Hall–Kier alpha value is -0.570. The largest absolute Gasteiger partial charge is 0.368 e. The van der Waals surface area contributed by atoms with Gasteiger partial charge in [0.2, 0.25) is 0 Å². The van der Waals surface area contributed by atoms with Crippen molar-refractivity contribution in [3.63, 3.8) is 0 Å². The van der Waals surface area contributed by atoms with Crippen LogP contribution >= 0.6 is 11.6 Å². The van der Waals surface area contributed by atoms with Gasteiger partial charge in [-0.25, -0.2) is 0 Å². The van der Waals surface area contributed by atoms with E-state index in [1.54, 1.807) is 0 Å². The van der Waals surface area contributed by atoms with E-state index in [0.29, 0.717) is 12.1 Å². The van der Waals surface area contributed by atoms with Gasteiger partial charge in [-0.15, -0.1) is 0 Å². The van der Waals surface area contributed by atoms with E-state index in [4.69, 9.17) is 16.3 Å². The summed E-state index contributed by atoms with van der Waals surface area (Å²) < 4.78 is 6.12. The van der Waals surface area contributed by atoms with Gasteiger partial charge >= 0.3 is 0 Å². The predicted octanol–water partition coefficient (Wildman–Crippen LogP) is 4.34. The van der Waals surface area contributed by atoms with Crippen molar-refractivity contribution < 1.29 is 4.74 Å². The van der Waals surface area contributed by atoms with Crippen molar-refractivity contribution in [2.24, 2.45) is 0 Å². The number of hydrogen-bond donors (Lipinski definition) is 1. The van der Waals surface area contributed by atoms with Crippen molar-refractivity contribution in [1.82, 2.24) is 5.32 Å². The van der Waals surface area contributed by atoms with Gasteiger partial charge in [-0.1, -0.05) is 23.7 Å². The molecule has 0 aliphatic carbocycles. The third-order valence-electron chi connectivity index (χ3n) is 3.90. The summed E-state index contributed by atoms with van der Waals surface area (Å²) in [5.74, 6) is 0. The molecule has 1 saturated heterocycles. The first kappa shape index (κ1) is 14.8. The number of ether oxygens (including phenoxy) is 1. The monoisotopic (exact) mass is 281 g/mol. The summed E-state index contributed by atoms with van der Waals surface area (Å²) in [6, 6.07) is 8.68. The van der Waals surface area contributed by atoms with E-state index in [1.807, 2.05) is 12.1 Å². The second kappa shape index (κ2) is 5.08. The van der Waals surface area contributed by atoms with Gasteiger partial charge in [0.05, 0.1) is 11.2 Å². The first-order chi connectivity index (χ1) is 8.70. The third-order valence-corrected chi connectivity index (χ3v) is 4.15. The molecular formula is C16H24ClNO. The molecule has 0 radical (unpaired) electrons. The summed E-state index contributed by atoms with van der Waals surface area (Å²) in [6.07, 6.45) is 1.03. The summed E-state index contributed by atoms with van der Waals surface area (Å²) in [5, 5.41) is 4.47. The van der Waals surface area contributed by atoms with Gasteiger partial charge in [0, 0.05) is 17.1 Å². The number of rotatable bonds is 3. The fourth-order valence-electron chi connectivity index (χ4n) is 2.97. The standard InChI is InChI=1S/C16H24ClNO/c1-11(12-6-8-13(17)9-7-12)18-14-10-15(2,3)19-16(14,4)5/h6-9,11,14,18H,10H2,1-5H3/t11-,14?/m1/s1. The molecule has 1 aromatic rings. The van der Waals surface area contributed by atoms with Gasteiger partial charge in [0.25, 0.3) is 0 Å². The molecule has 0 amide bonds. The quantitative estimate of drug-likeness (QED) is 0.890. The fourth-order valence-corrected chi connectivity index (χ4v) is 3.10. The van der Waals surface area contributed by atoms with Gasteiger partial charge < -0.3 is 10.1 Å². The van der Waals surface area contributed by atoms with Gasteiger partial charge in [0.1, 0.15) is 0 Å². The molecule has 106 valence electrons. The maximum Gasteiger partial charge on any atom is 0.0787 e. The van der Waals surface area contributed by atoms with E-state index in [0.717, 1.165) is 11.4 Å². The van der Waals surface area contributed by atoms with Crippen molar-refractivity contribution in [3.05, 3.63) is 34.9 Å². The van der Waals surface area contributed by atoms with Crippen molar-refractivity contribution in [1.29, 1.82) is 0 Å². The lowest BCUT2D eigenvalue weighted by Crippen LogP contribution is -2.44. The maximum atomic E-state index is 6.12. The SMILES string of the molecule is C[C@@H](NC1CC(C)(C)OC1(C)C)c1ccc(Cl)cc1. The van der Waals surface area contributed by atoms with Crippen LogP contribution in [-0.2, 0) is 4.74 Å². The molecule has 0 spiro atoms. The first-order valence-corrected chi connectivity index (χ1v) is 7.29. The second-order valence-corrected chi connectivity index (χ2v) is 7.10. The summed E-state index contributed by atoms with van der Waals surface area (Å²) >= 11 is 5.93. The van der Waals surface area contributed by atoms with Gasteiger partial charge in [0.15, 0.2) is 0 Å². The molecule has 1 aliphatic heterocycles. The Bertz CT molecular complexity index is 439. The Morgan fingerprint density at radius 1 is 1.21 bits per heavy atom. The molecular weight excluding hydrogens is 258 g/mol. The van der Waals surface area contributed by atoms with Crippen LogP contribution in [0.25, 0.3) is 0 Å². The Kier molecular flexibility index (Phi) is 3.97. The molecule has 2 rings (SSSR count). The molecule has 1 heterocycles. The zero-order chi connectivity index (χ0) is 14.3. The third kappa shape index (κ3) is 3.50. The molecule has 1 fully saturated rings. The van der Waals surface area contributed by atoms with Crippen molar-refractivity contribution in [3.8, 4) is 0 Å². The Labute approximate surface area is 121 Å². The van der Waals surface area contributed by atoms with Crippen LogP contribution < -0.4 is 5.32 Å². The van der Waals surface area contributed by atoms with Crippen LogP contribution in [0.4, 0.5) is 0 Å². The molecule has 3 heteroatoms. The van der Waals surface area contributed by atoms with Crippen LogP contribution in [0.2, 0.25) is 5.02 Å². The molecule has 0 bridgehead atoms. The van der Waals surface area contributed by atoms with E-state index >= 15 is 0 Å². The predicted molar refractivity (Wildman–Crippen MR) is 80.7 cm³/mol. The molecule has 0 aromatic heterocycles. The molecule has 1 aromatic carbocycles. The van der Waals surface area contributed by atoms with Crippen molar-refractivity contribution in [2.75, 3.05) is 0 Å². The lowest BCUT2D eigenvalue weighted by atomic mass is 9.93. The lowest BCUT2D eigenvalue weighted by Gasteiger charge is -2.30. The highest BCUT2D eigenvalue weighted by Gasteiger charge is 2.46. The van der Waals surface area contributed by atoms with Crippen LogP contribution in [0.15, 0.2) is 24.3 Å². The smallest absolute Gasteiger partial charge is 0.0787 e. The van der Waals surface area contributed by atoms with Crippen molar-refractivity contribution >= 4 is 11.6 Å². The van der Waals surface area contributed by atoms with Crippen LogP contribution in [-0.4, -0.2) is 17.2 Å². The summed E-state index contributed by atoms with van der Waals surface area (Å²) in [7, 11) is 0. The Morgan fingerprint density at radius 2 is 1.79 bits per heavy atom. The summed E-state index contributed by atoms with van der Waals surface area (Å²) in [5.41, 5.74) is 1.07. The highest BCUT2D eigenvalue weighted by atomic mass is 35.5. The van der Waals surface area contributed by atoms with Gasteiger partial charge in [-0.05, 0) is 58.7 Å². The zero-order valence-corrected chi connectivity index (χ0v) is 13.2. The molecule has 0 saturated carbocycles. The average Bonchev–Trinajstić information content (AvgIpc) is 2.47. The maximum absolute atomic E-state index is 6.12. The Morgan fingerprint density at radius 3 is 2.26 bits per heavy atom. The molecule has 19 heavy (non-hydrogen) atoms. The molecule has 2 nitrogen and oxygen atoms in total. The number of hydrogen-bond acceptors (Lipinski definition) is 2. The van der Waals surface area contributed by atoms with E-state index in [2.05, 4.69) is 52.1 Å². The number of benzene rings is 1. The first-order valence-electron chi connectivity index (χ1n) is 6.91. The molecule has 1 N–H and O–H groups in total. The van der Waals surface area contributed by atoms with E-state index in [-0.39, 0.29) is 11.2 Å². The fraction of sp³-hybridized carbons (Fsp3) is 0.625. The lowest BCUT2D eigenvalue weighted by molar-refractivity contribution is -0.0703. The molecule has 1 unspecified atom stereocenters. The topological polar surface area (TPSA) is 21.3 Å². The Balaban J connectivity index is 2.07.